The van der Waals surface area contributed by atoms with E-state index >= 15 is 0 Å². The molecule has 2 atom stereocenters. The smallest absolute Gasteiger partial charge is 0.872 e. The summed E-state index contributed by atoms with van der Waals surface area (Å²) in [7, 11) is 0. The van der Waals surface area contributed by atoms with E-state index in [9.17, 15) is 30.0 Å². The summed E-state index contributed by atoms with van der Waals surface area (Å²) in [5.74, 6) is -1.31. The van der Waals surface area contributed by atoms with Crippen molar-refractivity contribution in [3.05, 3.63) is 57.6 Å². The molecule has 2 N–H and O–H groups in total. The third-order valence-electron chi connectivity index (χ3n) is 8.35. The van der Waals surface area contributed by atoms with Crippen LogP contribution < -0.4 is 10.2 Å². The van der Waals surface area contributed by atoms with Crippen molar-refractivity contribution in [1.29, 1.82) is 0 Å². The number of hydrogen-bond donors (Lipinski definition) is 2. The molecule has 0 saturated heterocycles. The van der Waals surface area contributed by atoms with Gasteiger partial charge in [-0.3, -0.25) is 0 Å². The number of carboxylic acids is 2. The second kappa shape index (κ2) is 22.2. The molecule has 0 aromatic heterocycles. The normalized spacial score (nSPS) is 12.3. The fraction of sp³-hybridized carbons (Fsp3) is 0.632. The molecule has 7 heteroatoms. The van der Waals surface area contributed by atoms with Gasteiger partial charge in [0.1, 0.15) is 0 Å². The van der Waals surface area contributed by atoms with Gasteiger partial charge in [-0.2, -0.15) is 0 Å². The van der Waals surface area contributed by atoms with Gasteiger partial charge in [-0.05, 0) is 85.5 Å². The summed E-state index contributed by atoms with van der Waals surface area (Å²) in [6, 6.07) is 7.02. The van der Waals surface area contributed by atoms with Gasteiger partial charge in [-0.25, -0.2) is 9.59 Å². The van der Waals surface area contributed by atoms with Crippen LogP contribution in [0.3, 0.4) is 0 Å². The van der Waals surface area contributed by atoms with Crippen LogP contribution in [0.1, 0.15) is 174 Å². The van der Waals surface area contributed by atoms with Crippen molar-refractivity contribution in [1.82, 2.24) is 0 Å². The summed E-state index contributed by atoms with van der Waals surface area (Å²) in [5, 5.41) is 43.3. The van der Waals surface area contributed by atoms with Gasteiger partial charge in [0.15, 0.2) is 0 Å². The maximum atomic E-state index is 12.4. The molecule has 2 aromatic carbocycles. The summed E-state index contributed by atoms with van der Waals surface area (Å²) in [6.07, 6.45) is 12.1. The van der Waals surface area contributed by atoms with Crippen LogP contribution in [0.2, 0.25) is 0 Å². The van der Waals surface area contributed by atoms with Crippen molar-refractivity contribution in [2.24, 2.45) is 11.8 Å². The third kappa shape index (κ3) is 15.2. The predicted octanol–water partition coefficient (Wildman–Crippen LogP) is 9.46. The fourth-order valence-corrected chi connectivity index (χ4v) is 5.53. The molecule has 0 aliphatic carbocycles. The maximum absolute atomic E-state index is 12.4. The number of rotatable bonds is 18. The summed E-state index contributed by atoms with van der Waals surface area (Å²) in [6.45, 7) is 17.0. The van der Waals surface area contributed by atoms with E-state index in [1.54, 1.807) is 12.1 Å². The van der Waals surface area contributed by atoms with Gasteiger partial charge in [0, 0.05) is 0 Å². The molecule has 45 heavy (non-hydrogen) atoms. The molecule has 0 bridgehead atoms. The van der Waals surface area contributed by atoms with Crippen molar-refractivity contribution in [3.8, 4) is 11.5 Å². The first kappa shape index (κ1) is 42.6. The van der Waals surface area contributed by atoms with E-state index in [0.717, 1.165) is 88.2 Å². The average Bonchev–Trinajstić information content (AvgIpc) is 2.95. The van der Waals surface area contributed by atoms with Crippen molar-refractivity contribution < 1.29 is 49.5 Å². The Labute approximate surface area is 285 Å². The molecule has 0 saturated carbocycles. The first-order chi connectivity index (χ1) is 20.7. The quantitative estimate of drug-likeness (QED) is 0.152. The molecule has 0 radical (unpaired) electrons. The summed E-state index contributed by atoms with van der Waals surface area (Å²) in [5.41, 5.74) is 3.17. The van der Waals surface area contributed by atoms with Crippen molar-refractivity contribution >= 4 is 11.9 Å². The topological polar surface area (TPSA) is 121 Å². The van der Waals surface area contributed by atoms with Gasteiger partial charge < -0.3 is 20.4 Å². The minimum Gasteiger partial charge on any atom is -0.872 e. The number of hydrogen-bond acceptors (Lipinski definition) is 4. The molecule has 248 valence electrons. The van der Waals surface area contributed by atoms with Crippen LogP contribution in [0.4, 0.5) is 0 Å². The van der Waals surface area contributed by atoms with Crippen LogP contribution in [0.15, 0.2) is 24.3 Å². The predicted molar refractivity (Wildman–Crippen MR) is 177 cm³/mol. The zero-order valence-corrected chi connectivity index (χ0v) is 32.3. The number of benzene rings is 2. The van der Waals surface area contributed by atoms with Crippen LogP contribution in [0, 0.1) is 11.8 Å². The summed E-state index contributed by atoms with van der Waals surface area (Å²) >= 11 is 0. The van der Waals surface area contributed by atoms with Gasteiger partial charge in [0.2, 0.25) is 0 Å². The van der Waals surface area contributed by atoms with Crippen LogP contribution in [0.5, 0.6) is 11.5 Å². The minimum absolute atomic E-state index is 0. The number of aromatic carboxylic acids is 2. The third-order valence-corrected chi connectivity index (χ3v) is 8.35. The van der Waals surface area contributed by atoms with E-state index in [1.807, 2.05) is 26.0 Å². The van der Waals surface area contributed by atoms with E-state index in [1.165, 1.54) is 0 Å². The fourth-order valence-electron chi connectivity index (χ4n) is 5.53. The zero-order chi connectivity index (χ0) is 33.4. The van der Waals surface area contributed by atoms with Gasteiger partial charge in [0.25, 0.3) is 0 Å². The Balaban J connectivity index is 0.000000842. The van der Waals surface area contributed by atoms with Crippen LogP contribution in [-0.4, -0.2) is 22.2 Å². The number of carboxylic acid groups (broad SMARTS) is 2. The Morgan fingerprint density at radius 1 is 0.600 bits per heavy atom. The largest absolute Gasteiger partial charge is 2.00 e. The van der Waals surface area contributed by atoms with Crippen molar-refractivity contribution in [3.63, 3.8) is 0 Å². The first-order valence-corrected chi connectivity index (χ1v) is 16.9. The van der Waals surface area contributed by atoms with Crippen LogP contribution in [-0.2, 0) is 32.3 Å². The molecule has 0 aliphatic rings. The van der Waals surface area contributed by atoms with E-state index in [4.69, 9.17) is 0 Å². The number of carbonyl (C=O) groups is 2. The molecule has 2 rings (SSSR count). The van der Waals surface area contributed by atoms with Gasteiger partial charge in [-0.15, -0.1) is 0 Å². The van der Waals surface area contributed by atoms with Gasteiger partial charge in [0.05, 0.1) is 11.1 Å². The van der Waals surface area contributed by atoms with Crippen molar-refractivity contribution in [2.75, 3.05) is 0 Å². The van der Waals surface area contributed by atoms with E-state index in [2.05, 4.69) is 41.5 Å². The molecule has 0 aliphatic heterocycles. The Bertz CT molecular complexity index is 1080. The van der Waals surface area contributed by atoms with E-state index in [0.29, 0.717) is 23.0 Å². The zero-order valence-electron chi connectivity index (χ0n) is 29.3. The second-order valence-electron chi connectivity index (χ2n) is 13.4. The molecule has 0 spiro atoms. The van der Waals surface area contributed by atoms with Gasteiger partial charge in [-0.1, -0.05) is 129 Å². The molecule has 0 amide bonds. The summed E-state index contributed by atoms with van der Waals surface area (Å²) in [4.78, 5) is 22.7. The van der Waals surface area contributed by atoms with Crippen LogP contribution in [0.25, 0.3) is 0 Å². The molecule has 0 fully saturated rings. The molecule has 0 heterocycles. The molecule has 2 aromatic rings. The first-order valence-electron chi connectivity index (χ1n) is 16.9. The molecule has 6 nitrogen and oxygen atoms in total. The SMILES string of the molecule is CCCCC(C)c1cc(CCCC(C)C)cc(C(=O)O)c1[O-].CCCCC(C)c1cc(CCCC(C)C)cc(C(=O)O)c1[O-].[Zn+2]. The van der Waals surface area contributed by atoms with Crippen molar-refractivity contribution in [2.45, 2.75) is 144 Å². The maximum Gasteiger partial charge on any atom is 2.00 e. The molecular weight excluding hydrogens is 618 g/mol. The number of aryl methyl sites for hydroxylation is 2. The van der Waals surface area contributed by atoms with E-state index in [-0.39, 0.29) is 53.9 Å². The molecular formula is C38H58O6Zn. The monoisotopic (exact) mass is 674 g/mol. The second-order valence-corrected chi connectivity index (χ2v) is 13.4. The minimum atomic E-state index is -1.11. The standard InChI is InChI=1S/2C19H30O3.Zn/c2*1-5-6-9-14(4)16-11-15(10-7-8-13(2)3)12-17(18(16)20)19(21)22;/h2*11-14,20H,5-10H2,1-4H3,(H,21,22);/q;;+2/p-2. The molecule has 2 unspecified atom stereocenters. The summed E-state index contributed by atoms with van der Waals surface area (Å²) < 4.78 is 0. The Hall–Kier alpha value is -2.40. The Morgan fingerprint density at radius 2 is 0.933 bits per heavy atom. The number of unbranched alkanes of at least 4 members (excludes halogenated alkanes) is 2. The van der Waals surface area contributed by atoms with Gasteiger partial charge >= 0.3 is 31.4 Å². The average molecular weight is 676 g/mol. The Morgan fingerprint density at radius 3 is 1.20 bits per heavy atom. The van der Waals surface area contributed by atoms with Crippen LogP contribution >= 0.6 is 0 Å². The Kier molecular flexibility index (Phi) is 21.0. The van der Waals surface area contributed by atoms with E-state index < -0.39 is 11.9 Å².